The first-order valence-corrected chi connectivity index (χ1v) is 9.00. The smallest absolute Gasteiger partial charge is 0.161 e. The second-order valence-corrected chi connectivity index (χ2v) is 7.08. The highest BCUT2D eigenvalue weighted by atomic mass is 16.5. The highest BCUT2D eigenvalue weighted by Crippen LogP contribution is 2.49. The standard InChI is InChI=1S/C21H26N2O2/c1-24-19-12-15-8-10-23-11-9-17(22)14-21(23,16-6-4-3-5-7-16)18(15)13-20(19)25-2/h3-7,12-13,17H,8-11,14,22H2,1-2H3. The predicted molar refractivity (Wildman–Crippen MR) is 99.3 cm³/mol. The molecule has 1 fully saturated rings. The minimum atomic E-state index is -0.175. The van der Waals surface area contributed by atoms with E-state index < -0.39 is 0 Å². The molecule has 4 rings (SSSR count). The van der Waals surface area contributed by atoms with E-state index in [9.17, 15) is 0 Å². The third kappa shape index (κ3) is 2.52. The van der Waals surface area contributed by atoms with Crippen LogP contribution in [0.5, 0.6) is 11.5 Å². The van der Waals surface area contributed by atoms with E-state index in [2.05, 4.69) is 47.4 Å². The highest BCUT2D eigenvalue weighted by molar-refractivity contribution is 5.54. The topological polar surface area (TPSA) is 47.7 Å². The Hall–Kier alpha value is -2.04. The van der Waals surface area contributed by atoms with Crippen molar-refractivity contribution < 1.29 is 9.47 Å². The van der Waals surface area contributed by atoms with Gasteiger partial charge < -0.3 is 15.2 Å². The van der Waals surface area contributed by atoms with Crippen molar-refractivity contribution in [2.75, 3.05) is 27.3 Å². The van der Waals surface area contributed by atoms with E-state index in [1.807, 2.05) is 0 Å². The Labute approximate surface area is 149 Å². The monoisotopic (exact) mass is 338 g/mol. The van der Waals surface area contributed by atoms with Crippen LogP contribution in [0.15, 0.2) is 42.5 Å². The maximum absolute atomic E-state index is 6.47. The zero-order valence-corrected chi connectivity index (χ0v) is 15.0. The number of hydrogen-bond acceptors (Lipinski definition) is 4. The lowest BCUT2D eigenvalue weighted by Gasteiger charge is -2.53. The largest absolute Gasteiger partial charge is 0.493 e. The van der Waals surface area contributed by atoms with E-state index in [4.69, 9.17) is 15.2 Å². The van der Waals surface area contributed by atoms with E-state index in [1.54, 1.807) is 14.2 Å². The summed E-state index contributed by atoms with van der Waals surface area (Å²) in [5.41, 5.74) is 10.3. The molecule has 2 N–H and O–H groups in total. The number of hydrogen-bond donors (Lipinski definition) is 1. The van der Waals surface area contributed by atoms with Crippen molar-refractivity contribution >= 4 is 0 Å². The molecule has 25 heavy (non-hydrogen) atoms. The average Bonchev–Trinajstić information content (AvgIpc) is 2.67. The zero-order valence-electron chi connectivity index (χ0n) is 15.0. The second-order valence-electron chi connectivity index (χ2n) is 7.08. The van der Waals surface area contributed by atoms with Crippen LogP contribution in [0.4, 0.5) is 0 Å². The lowest BCUT2D eigenvalue weighted by Crippen LogP contribution is -2.58. The molecule has 2 atom stereocenters. The van der Waals surface area contributed by atoms with Gasteiger partial charge in [0.2, 0.25) is 0 Å². The van der Waals surface area contributed by atoms with Gasteiger partial charge in [-0.2, -0.15) is 0 Å². The van der Waals surface area contributed by atoms with Gasteiger partial charge in [0.1, 0.15) is 0 Å². The summed E-state index contributed by atoms with van der Waals surface area (Å²) >= 11 is 0. The predicted octanol–water partition coefficient (Wildman–Crippen LogP) is 2.93. The maximum atomic E-state index is 6.47. The summed E-state index contributed by atoms with van der Waals surface area (Å²) in [6.07, 6.45) is 3.01. The normalized spacial score (nSPS) is 25.8. The molecule has 0 saturated carbocycles. The Balaban J connectivity index is 1.96. The first-order chi connectivity index (χ1) is 12.2. The number of piperidine rings is 1. The molecule has 0 aromatic heterocycles. The Morgan fingerprint density at radius 3 is 2.48 bits per heavy atom. The molecule has 2 aromatic rings. The number of ether oxygens (including phenoxy) is 2. The summed E-state index contributed by atoms with van der Waals surface area (Å²) < 4.78 is 11.1. The molecule has 0 aliphatic carbocycles. The first kappa shape index (κ1) is 16.4. The molecule has 0 spiro atoms. The van der Waals surface area contributed by atoms with Crippen LogP contribution in [-0.2, 0) is 12.0 Å². The maximum Gasteiger partial charge on any atom is 0.161 e. The molecule has 0 amide bonds. The van der Waals surface area contributed by atoms with Gasteiger partial charge in [0.05, 0.1) is 19.8 Å². The molecule has 4 heteroatoms. The molecule has 2 aliphatic rings. The van der Waals surface area contributed by atoms with E-state index in [1.165, 1.54) is 16.7 Å². The minimum absolute atomic E-state index is 0.175. The molecule has 2 unspecified atom stereocenters. The Kier molecular flexibility index (Phi) is 4.18. The lowest BCUT2D eigenvalue weighted by molar-refractivity contribution is 0.0571. The van der Waals surface area contributed by atoms with Crippen LogP contribution >= 0.6 is 0 Å². The number of methoxy groups -OCH3 is 2. The molecule has 132 valence electrons. The zero-order chi connectivity index (χ0) is 17.4. The fraction of sp³-hybridized carbons (Fsp3) is 0.429. The molecular formula is C21H26N2O2. The Morgan fingerprint density at radius 2 is 1.76 bits per heavy atom. The summed E-state index contributed by atoms with van der Waals surface area (Å²) in [4.78, 5) is 2.61. The summed E-state index contributed by atoms with van der Waals surface area (Å²) in [7, 11) is 3.40. The summed E-state index contributed by atoms with van der Waals surface area (Å²) in [5.74, 6) is 1.59. The number of benzene rings is 2. The van der Waals surface area contributed by atoms with Crippen molar-refractivity contribution in [2.45, 2.75) is 30.8 Å². The van der Waals surface area contributed by atoms with Crippen molar-refractivity contribution in [3.05, 3.63) is 59.2 Å². The second kappa shape index (κ2) is 6.36. The van der Waals surface area contributed by atoms with Gasteiger partial charge in [-0.25, -0.2) is 0 Å². The van der Waals surface area contributed by atoms with Gasteiger partial charge >= 0.3 is 0 Å². The van der Waals surface area contributed by atoms with Crippen molar-refractivity contribution in [1.82, 2.24) is 4.90 Å². The molecule has 2 heterocycles. The van der Waals surface area contributed by atoms with Crippen LogP contribution in [0, 0.1) is 0 Å². The van der Waals surface area contributed by atoms with Gasteiger partial charge in [0.15, 0.2) is 11.5 Å². The quantitative estimate of drug-likeness (QED) is 0.935. The molecular weight excluding hydrogens is 312 g/mol. The minimum Gasteiger partial charge on any atom is -0.493 e. The van der Waals surface area contributed by atoms with Crippen LogP contribution in [0.2, 0.25) is 0 Å². The van der Waals surface area contributed by atoms with Crippen LogP contribution < -0.4 is 15.2 Å². The Morgan fingerprint density at radius 1 is 1.04 bits per heavy atom. The lowest BCUT2D eigenvalue weighted by atomic mass is 9.69. The van der Waals surface area contributed by atoms with Crippen LogP contribution in [0.3, 0.4) is 0 Å². The number of fused-ring (bicyclic) bond motifs is 3. The van der Waals surface area contributed by atoms with E-state index in [-0.39, 0.29) is 11.6 Å². The molecule has 2 aliphatic heterocycles. The SMILES string of the molecule is COc1cc2c(cc1OC)C1(c3ccccc3)CC(N)CCN1CC2. The summed E-state index contributed by atoms with van der Waals surface area (Å²) in [5, 5.41) is 0. The van der Waals surface area contributed by atoms with Crippen LogP contribution in [0.1, 0.15) is 29.5 Å². The van der Waals surface area contributed by atoms with Gasteiger partial charge in [-0.15, -0.1) is 0 Å². The summed E-state index contributed by atoms with van der Waals surface area (Å²) in [6, 6.07) is 15.3. The molecule has 1 saturated heterocycles. The molecule has 4 nitrogen and oxygen atoms in total. The van der Waals surface area contributed by atoms with E-state index in [0.29, 0.717) is 0 Å². The fourth-order valence-electron chi connectivity index (χ4n) is 4.64. The molecule has 2 aromatic carbocycles. The van der Waals surface area contributed by atoms with Crippen LogP contribution in [0.25, 0.3) is 0 Å². The van der Waals surface area contributed by atoms with Crippen molar-refractivity contribution in [2.24, 2.45) is 5.73 Å². The number of nitrogens with zero attached hydrogens (tertiary/aromatic N) is 1. The van der Waals surface area contributed by atoms with E-state index >= 15 is 0 Å². The van der Waals surface area contributed by atoms with Gasteiger partial charge in [-0.3, -0.25) is 4.90 Å². The average molecular weight is 338 g/mol. The third-order valence-electron chi connectivity index (χ3n) is 5.82. The van der Waals surface area contributed by atoms with Gasteiger partial charge in [0, 0.05) is 19.1 Å². The van der Waals surface area contributed by atoms with Crippen molar-refractivity contribution in [3.8, 4) is 11.5 Å². The summed E-state index contributed by atoms with van der Waals surface area (Å²) in [6.45, 7) is 2.08. The molecule has 0 bridgehead atoms. The third-order valence-corrected chi connectivity index (χ3v) is 5.82. The molecule has 0 radical (unpaired) electrons. The van der Waals surface area contributed by atoms with E-state index in [0.717, 1.165) is 43.9 Å². The van der Waals surface area contributed by atoms with Crippen molar-refractivity contribution in [3.63, 3.8) is 0 Å². The van der Waals surface area contributed by atoms with Gasteiger partial charge in [-0.05, 0) is 48.1 Å². The van der Waals surface area contributed by atoms with Crippen molar-refractivity contribution in [1.29, 1.82) is 0 Å². The van der Waals surface area contributed by atoms with Crippen LogP contribution in [-0.4, -0.2) is 38.3 Å². The number of rotatable bonds is 3. The van der Waals surface area contributed by atoms with Gasteiger partial charge in [0.25, 0.3) is 0 Å². The fourth-order valence-corrected chi connectivity index (χ4v) is 4.64. The first-order valence-electron chi connectivity index (χ1n) is 9.00. The Bertz CT molecular complexity index is 762. The number of nitrogens with two attached hydrogens (primary N) is 1. The van der Waals surface area contributed by atoms with Gasteiger partial charge in [-0.1, -0.05) is 30.3 Å². The highest BCUT2D eigenvalue weighted by Gasteiger charge is 2.47.